The molecule has 3 rings (SSSR count). The van der Waals surface area contributed by atoms with E-state index >= 15 is 0 Å². The summed E-state index contributed by atoms with van der Waals surface area (Å²) < 4.78 is 20.3. The summed E-state index contributed by atoms with van der Waals surface area (Å²) >= 11 is 0. The molecule has 1 aliphatic rings. The molecule has 12 heteroatoms. The Hall–Kier alpha value is -4.06. The van der Waals surface area contributed by atoms with Gasteiger partial charge in [-0.15, -0.1) is 5.06 Å². The van der Waals surface area contributed by atoms with Crippen LogP contribution in [0.1, 0.15) is 0 Å². The maximum Gasteiger partial charge on any atom is 0.623 e. The Morgan fingerprint density at radius 3 is 1.94 bits per heavy atom. The van der Waals surface area contributed by atoms with E-state index in [0.29, 0.717) is 5.06 Å². The molecule has 1 heterocycles. The van der Waals surface area contributed by atoms with Crippen LogP contribution in [0.3, 0.4) is 0 Å². The van der Waals surface area contributed by atoms with E-state index in [1.165, 1.54) is 36.2 Å². The van der Waals surface area contributed by atoms with Gasteiger partial charge in [0.2, 0.25) is 0 Å². The molecule has 1 aliphatic heterocycles. The fraction of sp³-hybridized carbons (Fsp3) is 0.200. The lowest BCUT2D eigenvalue weighted by atomic mass is 9.89. The second-order valence-electron chi connectivity index (χ2n) is 6.58. The van der Waals surface area contributed by atoms with E-state index < -0.39 is 37.7 Å². The number of amides is 1. The van der Waals surface area contributed by atoms with Gasteiger partial charge >= 0.3 is 31.3 Å². The molecule has 32 heavy (non-hydrogen) atoms. The first-order chi connectivity index (χ1) is 15.4. The van der Waals surface area contributed by atoms with Crippen molar-refractivity contribution >= 4 is 31.3 Å². The number of nitrogens with zero attached hydrogens (tertiary/aromatic N) is 2. The highest BCUT2D eigenvalue weighted by Gasteiger charge is 2.38. The van der Waals surface area contributed by atoms with Crippen molar-refractivity contribution in [3.05, 3.63) is 60.7 Å². The molecule has 0 spiro atoms. The first-order valence-corrected chi connectivity index (χ1v) is 9.46. The van der Waals surface area contributed by atoms with Crippen molar-refractivity contribution in [2.24, 2.45) is 0 Å². The summed E-state index contributed by atoms with van der Waals surface area (Å²) in [6, 6.07) is 16.0. The number of hydroxylamine groups is 2. The molecule has 0 bridgehead atoms. The van der Waals surface area contributed by atoms with E-state index in [9.17, 15) is 19.2 Å². The molecule has 2 aromatic carbocycles. The maximum absolute atomic E-state index is 12.6. The Morgan fingerprint density at radius 2 is 1.41 bits per heavy atom. The lowest BCUT2D eigenvalue weighted by molar-refractivity contribution is -0.147. The van der Waals surface area contributed by atoms with Crippen LogP contribution in [0.2, 0.25) is 0 Å². The van der Waals surface area contributed by atoms with Gasteiger partial charge in [0.05, 0.1) is 13.1 Å². The topological polar surface area (TPSA) is 121 Å². The third-order valence-electron chi connectivity index (χ3n) is 3.92. The lowest BCUT2D eigenvalue weighted by Gasteiger charge is -2.25. The van der Waals surface area contributed by atoms with Gasteiger partial charge in [0.25, 0.3) is 0 Å². The number of benzene rings is 2. The van der Waals surface area contributed by atoms with Gasteiger partial charge in [-0.05, 0) is 31.3 Å². The van der Waals surface area contributed by atoms with Crippen molar-refractivity contribution in [2.45, 2.75) is 0 Å². The molecule has 0 N–H and O–H groups in total. The molecule has 0 aromatic heterocycles. The molecule has 0 radical (unpaired) electrons. The predicted molar refractivity (Wildman–Crippen MR) is 108 cm³/mol. The summed E-state index contributed by atoms with van der Waals surface area (Å²) in [6.07, 6.45) is -3.03. The Bertz CT molecular complexity index is 938. The zero-order valence-corrected chi connectivity index (χ0v) is 17.0. The Labute approximate surface area is 183 Å². The molecule has 0 saturated carbocycles. The zero-order chi connectivity index (χ0) is 22.9. The summed E-state index contributed by atoms with van der Waals surface area (Å²) in [5.74, 6) is -1.07. The molecule has 1 amide bonds. The molecule has 1 fully saturated rings. The number of carbonyl (C=O) groups excluding carboxylic acids is 4. The normalized spacial score (nSPS) is 14.3. The van der Waals surface area contributed by atoms with Crippen LogP contribution in [0.25, 0.3) is 0 Å². The lowest BCUT2D eigenvalue weighted by Crippen LogP contribution is -2.50. The average molecular weight is 442 g/mol. The standard InChI is InChI=1S/C20H19BN2O9/c1-22-12-17(24)30-21(31-18(25)13-22)14-23(19(26)28-15-8-4-2-5-9-15)32-20(27)29-16-10-6-3-7-11-16/h2-11H,12-14H2,1H3. The monoisotopic (exact) mass is 442 g/mol. The number of hydrogen-bond acceptors (Lipinski definition) is 10. The first kappa shape index (κ1) is 22.6. The van der Waals surface area contributed by atoms with Gasteiger partial charge in [-0.25, -0.2) is 9.59 Å². The summed E-state index contributed by atoms with van der Waals surface area (Å²) in [6.45, 7) is -0.339. The largest absolute Gasteiger partial charge is 0.623 e. The molecule has 11 nitrogen and oxygen atoms in total. The second-order valence-corrected chi connectivity index (χ2v) is 6.58. The highest BCUT2D eigenvalue weighted by molar-refractivity contribution is 6.49. The third kappa shape index (κ3) is 7.02. The molecule has 0 atom stereocenters. The van der Waals surface area contributed by atoms with Gasteiger partial charge in [0.1, 0.15) is 17.9 Å². The first-order valence-electron chi connectivity index (χ1n) is 9.46. The summed E-state index contributed by atoms with van der Waals surface area (Å²) in [7, 11) is 0.00581. The fourth-order valence-electron chi connectivity index (χ4n) is 2.58. The number of hydrogen-bond donors (Lipinski definition) is 0. The Kier molecular flexibility index (Phi) is 7.65. The van der Waals surface area contributed by atoms with Crippen molar-refractivity contribution in [3.63, 3.8) is 0 Å². The number of likely N-dealkylation sites (N-methyl/N-ethyl adjacent to an activating group) is 1. The van der Waals surface area contributed by atoms with Gasteiger partial charge < -0.3 is 23.6 Å². The molecule has 0 aliphatic carbocycles. The minimum Gasteiger partial charge on any atom is -0.497 e. The van der Waals surface area contributed by atoms with Gasteiger partial charge in [-0.3, -0.25) is 14.5 Å². The van der Waals surface area contributed by atoms with Gasteiger partial charge in [-0.1, -0.05) is 36.4 Å². The molecule has 1 saturated heterocycles. The van der Waals surface area contributed by atoms with E-state index in [2.05, 4.69) is 0 Å². The molecular weight excluding hydrogens is 423 g/mol. The summed E-state index contributed by atoms with van der Waals surface area (Å²) in [5, 5.41) is 0.439. The van der Waals surface area contributed by atoms with Gasteiger partial charge in [-0.2, -0.15) is 0 Å². The van der Waals surface area contributed by atoms with Crippen molar-refractivity contribution in [1.29, 1.82) is 0 Å². The van der Waals surface area contributed by atoms with Crippen LogP contribution in [0.15, 0.2) is 60.7 Å². The van der Waals surface area contributed by atoms with Crippen molar-refractivity contribution in [3.8, 4) is 11.5 Å². The fourth-order valence-corrected chi connectivity index (χ4v) is 2.58. The van der Waals surface area contributed by atoms with Crippen molar-refractivity contribution < 1.29 is 42.8 Å². The smallest absolute Gasteiger partial charge is 0.497 e. The van der Waals surface area contributed by atoms with Crippen LogP contribution in [0.5, 0.6) is 11.5 Å². The van der Waals surface area contributed by atoms with E-state index in [-0.39, 0.29) is 24.6 Å². The number of carbonyl (C=O) groups is 4. The van der Waals surface area contributed by atoms with E-state index in [4.69, 9.17) is 23.6 Å². The molecule has 2 aromatic rings. The van der Waals surface area contributed by atoms with Crippen LogP contribution in [-0.2, 0) is 23.7 Å². The predicted octanol–water partition coefficient (Wildman–Crippen LogP) is 1.68. The van der Waals surface area contributed by atoms with Crippen LogP contribution in [0, 0.1) is 0 Å². The summed E-state index contributed by atoms with van der Waals surface area (Å²) in [5.41, 5.74) is 0. The van der Waals surface area contributed by atoms with Crippen molar-refractivity contribution in [2.75, 3.05) is 26.6 Å². The SMILES string of the molecule is CN1CC(=O)OB(CN(OC(=O)Oc2ccccc2)C(=O)Oc2ccccc2)OC(=O)C1. The van der Waals surface area contributed by atoms with Crippen LogP contribution >= 0.6 is 0 Å². The Morgan fingerprint density at radius 1 is 0.906 bits per heavy atom. The number of ether oxygens (including phenoxy) is 2. The van der Waals surface area contributed by atoms with E-state index in [0.717, 1.165) is 0 Å². The quantitative estimate of drug-likeness (QED) is 0.299. The molecule has 166 valence electrons. The Balaban J connectivity index is 1.72. The molecular formula is C20H19BN2O9. The molecule has 0 unspecified atom stereocenters. The number of para-hydroxylation sites is 2. The van der Waals surface area contributed by atoms with Gasteiger partial charge in [0.15, 0.2) is 0 Å². The minimum absolute atomic E-state index is 0.163. The average Bonchev–Trinajstić information content (AvgIpc) is 2.73. The van der Waals surface area contributed by atoms with Crippen LogP contribution in [0.4, 0.5) is 9.59 Å². The highest BCUT2D eigenvalue weighted by atomic mass is 16.8. The van der Waals surface area contributed by atoms with Crippen LogP contribution < -0.4 is 9.47 Å². The second kappa shape index (κ2) is 10.8. The maximum atomic E-state index is 12.6. The summed E-state index contributed by atoms with van der Waals surface area (Å²) in [4.78, 5) is 55.1. The van der Waals surface area contributed by atoms with E-state index in [1.807, 2.05) is 0 Å². The highest BCUT2D eigenvalue weighted by Crippen LogP contribution is 2.14. The van der Waals surface area contributed by atoms with Crippen molar-refractivity contribution in [1.82, 2.24) is 9.96 Å². The third-order valence-corrected chi connectivity index (χ3v) is 3.92. The number of rotatable bonds is 4. The zero-order valence-electron chi connectivity index (χ0n) is 17.0. The van der Waals surface area contributed by atoms with Gasteiger partial charge in [0, 0.05) is 0 Å². The minimum atomic E-state index is -1.53. The van der Waals surface area contributed by atoms with E-state index in [1.54, 1.807) is 36.4 Å². The van der Waals surface area contributed by atoms with Crippen LogP contribution in [-0.4, -0.2) is 67.9 Å².